The largest absolute Gasteiger partial charge is 0.462 e. The number of ether oxygens (including phenoxy) is 3. The molecule has 1 heterocycles. The van der Waals surface area contributed by atoms with E-state index in [1.54, 1.807) is 32.9 Å². The van der Waals surface area contributed by atoms with Gasteiger partial charge in [-0.15, -0.1) is 0 Å². The fourth-order valence-electron chi connectivity index (χ4n) is 1.83. The Morgan fingerprint density at radius 2 is 1.23 bits per heavy atom. The Balaban J connectivity index is 2.73. The summed E-state index contributed by atoms with van der Waals surface area (Å²) in [4.78, 5) is 34.7. The highest BCUT2D eigenvalue weighted by atomic mass is 16.6. The van der Waals surface area contributed by atoms with Crippen molar-refractivity contribution in [1.29, 1.82) is 0 Å². The van der Waals surface area contributed by atoms with Crippen molar-refractivity contribution in [2.75, 3.05) is 0 Å². The minimum Gasteiger partial charge on any atom is -0.462 e. The van der Waals surface area contributed by atoms with E-state index in [9.17, 15) is 14.4 Å². The van der Waals surface area contributed by atoms with Crippen LogP contribution in [0.1, 0.15) is 40.0 Å². The van der Waals surface area contributed by atoms with Crippen molar-refractivity contribution < 1.29 is 28.6 Å². The molecule has 0 spiro atoms. The third kappa shape index (κ3) is 7.61. The molecule has 0 fully saturated rings. The maximum atomic E-state index is 11.7. The molecule has 0 N–H and O–H groups in total. The van der Waals surface area contributed by atoms with Crippen molar-refractivity contribution in [2.24, 2.45) is 0 Å². The van der Waals surface area contributed by atoms with Crippen LogP contribution in [0.2, 0.25) is 0 Å². The van der Waals surface area contributed by atoms with Crippen LogP contribution in [0.15, 0.2) is 24.3 Å². The first kappa shape index (κ1) is 17.9. The topological polar surface area (TPSA) is 78.9 Å². The summed E-state index contributed by atoms with van der Waals surface area (Å²) in [5.41, 5.74) is 0. The van der Waals surface area contributed by atoms with E-state index in [1.807, 2.05) is 0 Å². The molecule has 1 rings (SSSR count). The van der Waals surface area contributed by atoms with Crippen LogP contribution < -0.4 is 0 Å². The Bertz CT molecular complexity index is 465. The Morgan fingerprint density at radius 1 is 0.773 bits per heavy atom. The molecule has 0 aromatic rings. The summed E-state index contributed by atoms with van der Waals surface area (Å²) in [7, 11) is 0. The minimum absolute atomic E-state index is 0.00786. The number of cyclic esters (lactones) is 3. The molecule has 22 heavy (non-hydrogen) atoms. The second-order valence-corrected chi connectivity index (χ2v) is 5.28. The molecule has 1 aliphatic rings. The van der Waals surface area contributed by atoms with Gasteiger partial charge in [0.2, 0.25) is 0 Å². The van der Waals surface area contributed by atoms with Crippen LogP contribution in [0, 0.1) is 0 Å². The second-order valence-electron chi connectivity index (χ2n) is 5.28. The third-order valence-corrected chi connectivity index (χ3v) is 2.87. The van der Waals surface area contributed by atoms with Gasteiger partial charge in [0.05, 0.1) is 6.42 Å². The van der Waals surface area contributed by atoms with Crippen LogP contribution in [0.5, 0.6) is 0 Å². The molecule has 0 amide bonds. The summed E-state index contributed by atoms with van der Waals surface area (Å²) < 4.78 is 15.4. The SMILES string of the molecule is CC1CC(=O)O[C@@H](C)C/C=C/C(=O)O[C@@H](C)C/C=C/C(=O)O1. The van der Waals surface area contributed by atoms with Crippen LogP contribution >= 0.6 is 0 Å². The summed E-state index contributed by atoms with van der Waals surface area (Å²) in [5.74, 6) is -1.46. The van der Waals surface area contributed by atoms with Crippen LogP contribution in [0.3, 0.4) is 0 Å². The van der Waals surface area contributed by atoms with Gasteiger partial charge in [-0.2, -0.15) is 0 Å². The van der Waals surface area contributed by atoms with Gasteiger partial charge in [0, 0.05) is 25.0 Å². The first-order chi connectivity index (χ1) is 10.4. The minimum atomic E-state index is -0.560. The lowest BCUT2D eigenvalue weighted by atomic mass is 10.2. The van der Waals surface area contributed by atoms with E-state index in [-0.39, 0.29) is 18.6 Å². The first-order valence-electron chi connectivity index (χ1n) is 7.30. The van der Waals surface area contributed by atoms with Crippen molar-refractivity contribution in [3.8, 4) is 0 Å². The fourth-order valence-corrected chi connectivity index (χ4v) is 1.83. The van der Waals surface area contributed by atoms with Gasteiger partial charge < -0.3 is 14.2 Å². The van der Waals surface area contributed by atoms with Gasteiger partial charge >= 0.3 is 17.9 Å². The molecular formula is C16H22O6. The predicted molar refractivity (Wildman–Crippen MR) is 78.8 cm³/mol. The first-order valence-corrected chi connectivity index (χ1v) is 7.30. The van der Waals surface area contributed by atoms with E-state index in [1.165, 1.54) is 12.2 Å². The van der Waals surface area contributed by atoms with Gasteiger partial charge in [-0.25, -0.2) is 9.59 Å². The molecule has 0 aliphatic carbocycles. The highest BCUT2D eigenvalue weighted by Crippen LogP contribution is 2.07. The Kier molecular flexibility index (Phi) is 7.36. The summed E-state index contributed by atoms with van der Waals surface area (Å²) in [6.45, 7) is 5.08. The van der Waals surface area contributed by atoms with Crippen molar-refractivity contribution >= 4 is 17.9 Å². The summed E-state index contributed by atoms with van der Waals surface area (Å²) >= 11 is 0. The molecule has 0 saturated heterocycles. The normalized spacial score (nSPS) is 31.6. The number of carbonyl (C=O) groups excluding carboxylic acids is 3. The molecule has 0 aromatic carbocycles. The van der Waals surface area contributed by atoms with Crippen molar-refractivity contribution in [3.63, 3.8) is 0 Å². The summed E-state index contributed by atoms with van der Waals surface area (Å²) in [6.07, 6.45) is 5.28. The van der Waals surface area contributed by atoms with Gasteiger partial charge in [-0.1, -0.05) is 12.2 Å². The molecule has 6 nitrogen and oxygen atoms in total. The quantitative estimate of drug-likeness (QED) is 0.503. The van der Waals surface area contributed by atoms with E-state index >= 15 is 0 Å². The highest BCUT2D eigenvalue weighted by Gasteiger charge is 2.16. The zero-order valence-corrected chi connectivity index (χ0v) is 13.1. The van der Waals surface area contributed by atoms with Gasteiger partial charge in [-0.3, -0.25) is 4.79 Å². The number of esters is 3. The van der Waals surface area contributed by atoms with Crippen molar-refractivity contribution in [1.82, 2.24) is 0 Å². The van der Waals surface area contributed by atoms with Crippen molar-refractivity contribution in [3.05, 3.63) is 24.3 Å². The molecule has 1 unspecified atom stereocenters. The van der Waals surface area contributed by atoms with E-state index in [0.717, 1.165) is 0 Å². The van der Waals surface area contributed by atoms with Gasteiger partial charge in [0.1, 0.15) is 18.3 Å². The molecule has 0 bridgehead atoms. The number of rotatable bonds is 0. The zero-order valence-electron chi connectivity index (χ0n) is 13.1. The van der Waals surface area contributed by atoms with E-state index in [4.69, 9.17) is 14.2 Å². The number of carbonyl (C=O) groups is 3. The van der Waals surface area contributed by atoms with E-state index in [0.29, 0.717) is 12.8 Å². The van der Waals surface area contributed by atoms with E-state index < -0.39 is 24.0 Å². The van der Waals surface area contributed by atoms with Crippen LogP contribution in [0.4, 0.5) is 0 Å². The number of hydrogen-bond donors (Lipinski definition) is 0. The van der Waals surface area contributed by atoms with Crippen LogP contribution in [-0.2, 0) is 28.6 Å². The summed E-state index contributed by atoms with van der Waals surface area (Å²) in [6, 6.07) is 0. The molecule has 0 radical (unpaired) electrons. The fraction of sp³-hybridized carbons (Fsp3) is 0.562. The number of hydrogen-bond acceptors (Lipinski definition) is 6. The molecule has 6 heteroatoms. The molecule has 1 aliphatic heterocycles. The Labute approximate surface area is 130 Å². The molecular weight excluding hydrogens is 288 g/mol. The lowest BCUT2D eigenvalue weighted by Gasteiger charge is -2.15. The molecule has 0 aromatic heterocycles. The third-order valence-electron chi connectivity index (χ3n) is 2.87. The van der Waals surface area contributed by atoms with Crippen LogP contribution in [0.25, 0.3) is 0 Å². The molecule has 122 valence electrons. The zero-order chi connectivity index (χ0) is 16.5. The van der Waals surface area contributed by atoms with Gasteiger partial charge in [-0.05, 0) is 20.8 Å². The van der Waals surface area contributed by atoms with Crippen molar-refractivity contribution in [2.45, 2.75) is 58.3 Å². The van der Waals surface area contributed by atoms with Gasteiger partial charge in [0.15, 0.2) is 0 Å². The highest BCUT2D eigenvalue weighted by molar-refractivity contribution is 5.83. The average Bonchev–Trinajstić information content (AvgIpc) is 2.36. The lowest BCUT2D eigenvalue weighted by molar-refractivity contribution is -0.154. The molecule has 3 atom stereocenters. The second kappa shape index (κ2) is 9.02. The maximum Gasteiger partial charge on any atom is 0.330 e. The van der Waals surface area contributed by atoms with Gasteiger partial charge in [0.25, 0.3) is 0 Å². The lowest BCUT2D eigenvalue weighted by Crippen LogP contribution is -2.22. The van der Waals surface area contributed by atoms with Crippen LogP contribution in [-0.4, -0.2) is 36.2 Å². The Morgan fingerprint density at radius 3 is 1.77 bits per heavy atom. The smallest absolute Gasteiger partial charge is 0.330 e. The average molecular weight is 310 g/mol. The summed E-state index contributed by atoms with van der Waals surface area (Å²) in [5, 5.41) is 0. The maximum absolute atomic E-state index is 11.7. The Hall–Kier alpha value is -2.11. The predicted octanol–water partition coefficient (Wildman–Crippen LogP) is 2.08. The monoisotopic (exact) mass is 310 g/mol. The standard InChI is InChI=1S/C16H22O6/c1-11-6-4-9-15(18)22-13(3)10-16(19)21-12(2)7-5-8-14(17)20-11/h4-5,8-9,11-13H,6-7,10H2,1-3H3/b8-5+,9-4+/t11-,12-,13?/m0/s1. The molecule has 0 saturated carbocycles. The van der Waals surface area contributed by atoms with E-state index in [2.05, 4.69) is 0 Å².